The van der Waals surface area contributed by atoms with Crippen LogP contribution in [0.25, 0.3) is 0 Å². The molecule has 2 heterocycles. The number of amides is 1. The van der Waals surface area contributed by atoms with Crippen LogP contribution in [-0.2, 0) is 14.3 Å². The lowest BCUT2D eigenvalue weighted by molar-refractivity contribution is -0.138. The summed E-state index contributed by atoms with van der Waals surface area (Å²) >= 11 is 0. The van der Waals surface area contributed by atoms with Crippen molar-refractivity contribution in [3.63, 3.8) is 0 Å². The van der Waals surface area contributed by atoms with E-state index in [0.29, 0.717) is 0 Å². The van der Waals surface area contributed by atoms with Crippen LogP contribution in [0.15, 0.2) is 0 Å². The van der Waals surface area contributed by atoms with E-state index in [0.717, 1.165) is 32.2 Å². The average molecular weight is 197 g/mol. The molecule has 2 fully saturated rings. The Morgan fingerprint density at radius 1 is 1.29 bits per heavy atom. The highest BCUT2D eigenvalue weighted by molar-refractivity contribution is 6.13. The maximum Gasteiger partial charge on any atom is 0.260 e. The molecular formula is C10H15NO3. The Morgan fingerprint density at radius 3 is 2.79 bits per heavy atom. The molecule has 4 heteroatoms. The molecule has 0 N–H and O–H groups in total. The summed E-state index contributed by atoms with van der Waals surface area (Å²) in [5.41, 5.74) is 0. The van der Waals surface area contributed by atoms with Gasteiger partial charge in [0.05, 0.1) is 6.04 Å². The summed E-state index contributed by atoms with van der Waals surface area (Å²) in [5.74, 6) is -0.177. The standard InChI is InChI=1S/C10H15NO3/c1-14-9-8(12)7-5-3-2-4-6-11(7)10(9)13/h7,9H,2-6H2,1H3. The fourth-order valence-electron chi connectivity index (χ4n) is 2.33. The predicted molar refractivity (Wildman–Crippen MR) is 49.8 cm³/mol. The number of hydrogen-bond donors (Lipinski definition) is 0. The minimum Gasteiger partial charge on any atom is -0.364 e. The van der Waals surface area contributed by atoms with Gasteiger partial charge in [0.15, 0.2) is 11.9 Å². The molecule has 2 rings (SSSR count). The molecular weight excluding hydrogens is 182 g/mol. The van der Waals surface area contributed by atoms with Crippen molar-refractivity contribution in [1.82, 2.24) is 4.90 Å². The van der Waals surface area contributed by atoms with Gasteiger partial charge in [-0.2, -0.15) is 0 Å². The van der Waals surface area contributed by atoms with Gasteiger partial charge in [-0.15, -0.1) is 0 Å². The van der Waals surface area contributed by atoms with Crippen molar-refractivity contribution in [1.29, 1.82) is 0 Å². The highest BCUT2D eigenvalue weighted by Gasteiger charge is 2.47. The first-order valence-corrected chi connectivity index (χ1v) is 5.12. The third-order valence-corrected chi connectivity index (χ3v) is 3.08. The topological polar surface area (TPSA) is 46.6 Å². The van der Waals surface area contributed by atoms with Gasteiger partial charge in [-0.3, -0.25) is 9.59 Å². The number of carbonyl (C=O) groups excluding carboxylic acids is 2. The molecule has 0 saturated carbocycles. The summed E-state index contributed by atoms with van der Waals surface area (Å²) in [4.78, 5) is 25.2. The number of carbonyl (C=O) groups is 2. The van der Waals surface area contributed by atoms with Crippen LogP contribution < -0.4 is 0 Å². The Kier molecular flexibility index (Phi) is 2.54. The lowest BCUT2D eigenvalue weighted by atomic mass is 10.1. The first kappa shape index (κ1) is 9.65. The van der Waals surface area contributed by atoms with Crippen molar-refractivity contribution in [3.05, 3.63) is 0 Å². The molecule has 0 aromatic carbocycles. The lowest BCUT2D eigenvalue weighted by Gasteiger charge is -2.19. The van der Waals surface area contributed by atoms with E-state index in [-0.39, 0.29) is 17.7 Å². The second-order valence-corrected chi connectivity index (χ2v) is 3.91. The van der Waals surface area contributed by atoms with E-state index in [9.17, 15) is 9.59 Å². The molecule has 0 bridgehead atoms. The van der Waals surface area contributed by atoms with E-state index in [1.807, 2.05) is 0 Å². The van der Waals surface area contributed by atoms with Crippen LogP contribution in [0.1, 0.15) is 25.7 Å². The van der Waals surface area contributed by atoms with E-state index >= 15 is 0 Å². The number of nitrogens with zero attached hydrogens (tertiary/aromatic N) is 1. The summed E-state index contributed by atoms with van der Waals surface area (Å²) in [6.45, 7) is 0.717. The van der Waals surface area contributed by atoms with E-state index in [4.69, 9.17) is 4.74 Å². The normalized spacial score (nSPS) is 33.1. The zero-order valence-corrected chi connectivity index (χ0v) is 8.36. The van der Waals surface area contributed by atoms with Gasteiger partial charge in [0.2, 0.25) is 0 Å². The van der Waals surface area contributed by atoms with E-state index < -0.39 is 6.10 Å². The van der Waals surface area contributed by atoms with Crippen LogP contribution in [0, 0.1) is 0 Å². The van der Waals surface area contributed by atoms with Gasteiger partial charge in [0.1, 0.15) is 0 Å². The number of Topliss-reactive ketones (excluding diaryl/α,β-unsaturated/α-hetero) is 1. The van der Waals surface area contributed by atoms with Gasteiger partial charge < -0.3 is 9.64 Å². The summed E-state index contributed by atoms with van der Waals surface area (Å²) in [7, 11) is 1.42. The maximum absolute atomic E-state index is 11.7. The fraction of sp³-hybridized carbons (Fsp3) is 0.800. The molecule has 78 valence electrons. The Balaban J connectivity index is 2.21. The van der Waals surface area contributed by atoms with E-state index in [1.54, 1.807) is 4.90 Å². The van der Waals surface area contributed by atoms with Crippen LogP contribution in [0.5, 0.6) is 0 Å². The molecule has 0 aromatic rings. The monoisotopic (exact) mass is 197 g/mol. The minimum absolute atomic E-state index is 0.0422. The third-order valence-electron chi connectivity index (χ3n) is 3.08. The molecule has 2 atom stereocenters. The second-order valence-electron chi connectivity index (χ2n) is 3.91. The molecule has 2 unspecified atom stereocenters. The predicted octanol–water partition coefficient (Wildman–Crippen LogP) is 0.355. The van der Waals surface area contributed by atoms with Crippen molar-refractivity contribution in [3.8, 4) is 0 Å². The molecule has 0 radical (unpaired) electrons. The SMILES string of the molecule is COC1C(=O)C2CCCCCN2C1=O. The lowest BCUT2D eigenvalue weighted by Crippen LogP contribution is -2.35. The maximum atomic E-state index is 11.7. The summed E-state index contributed by atoms with van der Waals surface area (Å²) in [6, 6.07) is -0.199. The van der Waals surface area contributed by atoms with Gasteiger partial charge in [-0.1, -0.05) is 12.8 Å². The number of ether oxygens (including phenoxy) is 1. The molecule has 0 spiro atoms. The molecule has 2 saturated heterocycles. The summed E-state index contributed by atoms with van der Waals surface area (Å²) in [5, 5.41) is 0. The van der Waals surface area contributed by atoms with Crippen molar-refractivity contribution in [2.24, 2.45) is 0 Å². The van der Waals surface area contributed by atoms with Crippen LogP contribution >= 0.6 is 0 Å². The van der Waals surface area contributed by atoms with Crippen LogP contribution in [-0.4, -0.2) is 42.4 Å². The quantitative estimate of drug-likeness (QED) is 0.570. The molecule has 2 aliphatic heterocycles. The molecule has 0 aromatic heterocycles. The molecule has 1 amide bonds. The zero-order valence-electron chi connectivity index (χ0n) is 8.36. The Bertz CT molecular complexity index is 240. The van der Waals surface area contributed by atoms with Crippen LogP contribution in [0.2, 0.25) is 0 Å². The summed E-state index contributed by atoms with van der Waals surface area (Å²) < 4.78 is 4.93. The third kappa shape index (κ3) is 1.34. The number of methoxy groups -OCH3 is 1. The van der Waals surface area contributed by atoms with Gasteiger partial charge in [-0.05, 0) is 12.8 Å². The molecule has 4 nitrogen and oxygen atoms in total. The van der Waals surface area contributed by atoms with Crippen LogP contribution in [0.3, 0.4) is 0 Å². The highest BCUT2D eigenvalue weighted by Crippen LogP contribution is 2.25. The van der Waals surface area contributed by atoms with Gasteiger partial charge >= 0.3 is 0 Å². The summed E-state index contributed by atoms with van der Waals surface area (Å²) in [6.07, 6.45) is 3.15. The smallest absolute Gasteiger partial charge is 0.260 e. The molecule has 0 aliphatic carbocycles. The second kappa shape index (κ2) is 3.69. The Labute approximate surface area is 83.2 Å². The van der Waals surface area contributed by atoms with Crippen molar-refractivity contribution in [2.75, 3.05) is 13.7 Å². The zero-order chi connectivity index (χ0) is 10.1. The van der Waals surface area contributed by atoms with Gasteiger partial charge in [0.25, 0.3) is 5.91 Å². The first-order chi connectivity index (χ1) is 6.75. The minimum atomic E-state index is -0.821. The largest absolute Gasteiger partial charge is 0.364 e. The number of rotatable bonds is 1. The van der Waals surface area contributed by atoms with E-state index in [2.05, 4.69) is 0 Å². The number of ketones is 1. The fourth-order valence-corrected chi connectivity index (χ4v) is 2.33. The number of fused-ring (bicyclic) bond motifs is 1. The van der Waals surface area contributed by atoms with Crippen molar-refractivity contribution in [2.45, 2.75) is 37.8 Å². The van der Waals surface area contributed by atoms with Crippen molar-refractivity contribution >= 4 is 11.7 Å². The highest BCUT2D eigenvalue weighted by atomic mass is 16.5. The number of hydrogen-bond acceptors (Lipinski definition) is 3. The van der Waals surface area contributed by atoms with E-state index in [1.165, 1.54) is 7.11 Å². The van der Waals surface area contributed by atoms with Gasteiger partial charge in [-0.25, -0.2) is 0 Å². The van der Waals surface area contributed by atoms with Gasteiger partial charge in [0, 0.05) is 13.7 Å². The van der Waals surface area contributed by atoms with Crippen LogP contribution in [0.4, 0.5) is 0 Å². The molecule has 14 heavy (non-hydrogen) atoms. The van der Waals surface area contributed by atoms with Crippen molar-refractivity contribution < 1.29 is 14.3 Å². The Hall–Kier alpha value is -0.900. The average Bonchev–Trinajstić information content (AvgIpc) is 2.39. The first-order valence-electron chi connectivity index (χ1n) is 5.12. The molecule has 2 aliphatic rings. The Morgan fingerprint density at radius 2 is 2.07 bits per heavy atom.